The van der Waals surface area contributed by atoms with Crippen LogP contribution in [0.25, 0.3) is 0 Å². The second kappa shape index (κ2) is 6.09. The number of hydrogen-bond acceptors (Lipinski definition) is 3. The van der Waals surface area contributed by atoms with Crippen molar-refractivity contribution in [3.05, 3.63) is 51.5 Å². The number of thiazole rings is 1. The minimum atomic E-state index is -1.03. The molecule has 1 aromatic heterocycles. The molecule has 1 N–H and O–H groups in total. The maximum atomic E-state index is 13.0. The van der Waals surface area contributed by atoms with Crippen LogP contribution in [0.1, 0.15) is 40.8 Å². The topological polar surface area (TPSA) is 42.0 Å². The number of amides is 1. The third-order valence-corrected chi connectivity index (χ3v) is 3.61. The zero-order valence-electron chi connectivity index (χ0n) is 11.1. The number of nitrogens with one attached hydrogen (secondary N) is 1. The zero-order valence-corrected chi connectivity index (χ0v) is 11.9. The maximum Gasteiger partial charge on any atom is 0.251 e. The SMILES string of the molecule is CC(C)c1csc(CNC(=O)c2ccc(F)c(F)c2)n1. The van der Waals surface area contributed by atoms with Crippen LogP contribution in [0.2, 0.25) is 0 Å². The molecule has 0 atom stereocenters. The highest BCUT2D eigenvalue weighted by Gasteiger charge is 2.11. The third-order valence-electron chi connectivity index (χ3n) is 2.74. The standard InChI is InChI=1S/C14H14F2N2OS/c1-8(2)12-7-20-13(18-12)6-17-14(19)9-3-4-10(15)11(16)5-9/h3-5,7-8H,6H2,1-2H3,(H,17,19). The lowest BCUT2D eigenvalue weighted by Crippen LogP contribution is -2.23. The number of benzene rings is 1. The molecule has 0 fully saturated rings. The third kappa shape index (κ3) is 3.39. The zero-order chi connectivity index (χ0) is 14.7. The lowest BCUT2D eigenvalue weighted by Gasteiger charge is -2.04. The first kappa shape index (κ1) is 14.6. The first-order valence-electron chi connectivity index (χ1n) is 6.15. The minimum absolute atomic E-state index is 0.0875. The van der Waals surface area contributed by atoms with E-state index >= 15 is 0 Å². The fourth-order valence-corrected chi connectivity index (χ4v) is 2.46. The van der Waals surface area contributed by atoms with E-state index in [1.165, 1.54) is 17.4 Å². The summed E-state index contributed by atoms with van der Waals surface area (Å²) in [7, 11) is 0. The summed E-state index contributed by atoms with van der Waals surface area (Å²) >= 11 is 1.46. The summed E-state index contributed by atoms with van der Waals surface area (Å²) in [5.41, 5.74) is 1.07. The van der Waals surface area contributed by atoms with E-state index < -0.39 is 17.5 Å². The Morgan fingerprint density at radius 2 is 2.10 bits per heavy atom. The van der Waals surface area contributed by atoms with E-state index in [0.717, 1.165) is 22.8 Å². The van der Waals surface area contributed by atoms with Gasteiger partial charge in [0.2, 0.25) is 0 Å². The van der Waals surface area contributed by atoms with Gasteiger partial charge in [0.25, 0.3) is 5.91 Å². The Balaban J connectivity index is 1.99. The van der Waals surface area contributed by atoms with E-state index in [0.29, 0.717) is 5.92 Å². The number of aromatic nitrogens is 1. The van der Waals surface area contributed by atoms with Crippen molar-refractivity contribution in [3.63, 3.8) is 0 Å². The van der Waals surface area contributed by atoms with Crippen LogP contribution in [0.4, 0.5) is 8.78 Å². The molecule has 1 heterocycles. The Morgan fingerprint density at radius 3 is 2.70 bits per heavy atom. The number of halogens is 2. The van der Waals surface area contributed by atoms with Crippen LogP contribution in [0, 0.1) is 11.6 Å². The highest BCUT2D eigenvalue weighted by Crippen LogP contribution is 2.17. The van der Waals surface area contributed by atoms with Gasteiger partial charge in [-0.2, -0.15) is 0 Å². The largest absolute Gasteiger partial charge is 0.346 e. The lowest BCUT2D eigenvalue weighted by molar-refractivity contribution is 0.0950. The molecule has 3 nitrogen and oxygen atoms in total. The Labute approximate surface area is 119 Å². The molecule has 1 amide bonds. The summed E-state index contributed by atoms with van der Waals surface area (Å²) in [5.74, 6) is -2.12. The molecule has 0 unspecified atom stereocenters. The van der Waals surface area contributed by atoms with Crippen LogP contribution in [0.3, 0.4) is 0 Å². The predicted octanol–water partition coefficient (Wildman–Crippen LogP) is 3.47. The van der Waals surface area contributed by atoms with Crippen LogP contribution in [-0.4, -0.2) is 10.9 Å². The molecule has 106 valence electrons. The maximum absolute atomic E-state index is 13.0. The smallest absolute Gasteiger partial charge is 0.251 e. The molecule has 20 heavy (non-hydrogen) atoms. The average molecular weight is 296 g/mol. The van der Waals surface area contributed by atoms with Crippen molar-refractivity contribution in [2.24, 2.45) is 0 Å². The molecule has 0 aliphatic carbocycles. The summed E-state index contributed by atoms with van der Waals surface area (Å²) in [6.07, 6.45) is 0. The van der Waals surface area contributed by atoms with Crippen molar-refractivity contribution in [1.82, 2.24) is 10.3 Å². The Morgan fingerprint density at radius 1 is 1.35 bits per heavy atom. The molecular weight excluding hydrogens is 282 g/mol. The fraction of sp³-hybridized carbons (Fsp3) is 0.286. The van der Waals surface area contributed by atoms with E-state index in [1.54, 1.807) is 0 Å². The summed E-state index contributed by atoms with van der Waals surface area (Å²) in [4.78, 5) is 16.2. The van der Waals surface area contributed by atoms with Crippen molar-refractivity contribution in [1.29, 1.82) is 0 Å². The predicted molar refractivity (Wildman–Crippen MR) is 73.7 cm³/mol. The van der Waals surface area contributed by atoms with Crippen LogP contribution >= 0.6 is 11.3 Å². The van der Waals surface area contributed by atoms with Gasteiger partial charge in [0.15, 0.2) is 11.6 Å². The molecule has 2 rings (SSSR count). The highest BCUT2D eigenvalue weighted by molar-refractivity contribution is 7.09. The number of rotatable bonds is 4. The van der Waals surface area contributed by atoms with E-state index in [4.69, 9.17) is 0 Å². The molecule has 0 aliphatic heterocycles. The minimum Gasteiger partial charge on any atom is -0.346 e. The van der Waals surface area contributed by atoms with Crippen LogP contribution in [0.15, 0.2) is 23.6 Å². The molecule has 1 aromatic carbocycles. The number of carbonyl (C=O) groups excluding carboxylic acids is 1. The summed E-state index contributed by atoms with van der Waals surface area (Å²) in [5, 5.41) is 5.36. The van der Waals surface area contributed by atoms with Gasteiger partial charge in [-0.15, -0.1) is 11.3 Å². The normalized spacial score (nSPS) is 10.8. The molecule has 0 radical (unpaired) electrons. The van der Waals surface area contributed by atoms with Gasteiger partial charge in [0.05, 0.1) is 12.2 Å². The molecule has 0 saturated heterocycles. The summed E-state index contributed by atoms with van der Waals surface area (Å²) in [6.45, 7) is 4.35. The monoisotopic (exact) mass is 296 g/mol. The van der Waals surface area contributed by atoms with Gasteiger partial charge < -0.3 is 5.32 Å². The van der Waals surface area contributed by atoms with E-state index in [9.17, 15) is 13.6 Å². The Bertz CT molecular complexity index is 625. The Hall–Kier alpha value is -1.82. The van der Waals surface area contributed by atoms with Gasteiger partial charge >= 0.3 is 0 Å². The molecule has 6 heteroatoms. The quantitative estimate of drug-likeness (QED) is 0.938. The summed E-state index contributed by atoms with van der Waals surface area (Å²) in [6, 6.07) is 3.06. The molecule has 0 spiro atoms. The van der Waals surface area contributed by atoms with Gasteiger partial charge in [-0.1, -0.05) is 13.8 Å². The van der Waals surface area contributed by atoms with Crippen molar-refractivity contribution in [2.45, 2.75) is 26.3 Å². The molecule has 2 aromatic rings. The first-order chi connectivity index (χ1) is 9.47. The number of hydrogen-bond donors (Lipinski definition) is 1. The Kier molecular flexibility index (Phi) is 4.44. The molecule has 0 bridgehead atoms. The van der Waals surface area contributed by atoms with Gasteiger partial charge in [0, 0.05) is 10.9 Å². The van der Waals surface area contributed by atoms with E-state index in [1.807, 2.05) is 19.2 Å². The van der Waals surface area contributed by atoms with Gasteiger partial charge in [-0.25, -0.2) is 13.8 Å². The van der Waals surface area contributed by atoms with Crippen molar-refractivity contribution >= 4 is 17.2 Å². The van der Waals surface area contributed by atoms with Crippen LogP contribution < -0.4 is 5.32 Å². The highest BCUT2D eigenvalue weighted by atomic mass is 32.1. The van der Waals surface area contributed by atoms with Crippen LogP contribution in [-0.2, 0) is 6.54 Å². The van der Waals surface area contributed by atoms with Crippen molar-refractivity contribution < 1.29 is 13.6 Å². The van der Waals surface area contributed by atoms with Gasteiger partial charge in [-0.3, -0.25) is 4.79 Å². The second-order valence-corrected chi connectivity index (χ2v) is 5.58. The number of nitrogens with zero attached hydrogens (tertiary/aromatic N) is 1. The van der Waals surface area contributed by atoms with Crippen LogP contribution in [0.5, 0.6) is 0 Å². The van der Waals surface area contributed by atoms with E-state index in [-0.39, 0.29) is 12.1 Å². The second-order valence-electron chi connectivity index (χ2n) is 4.63. The fourth-order valence-electron chi connectivity index (χ4n) is 1.57. The molecule has 0 saturated carbocycles. The van der Waals surface area contributed by atoms with Gasteiger partial charge in [-0.05, 0) is 24.1 Å². The molecule has 0 aliphatic rings. The van der Waals surface area contributed by atoms with Crippen molar-refractivity contribution in [2.75, 3.05) is 0 Å². The summed E-state index contributed by atoms with van der Waals surface area (Å²) < 4.78 is 25.8. The van der Waals surface area contributed by atoms with E-state index in [2.05, 4.69) is 10.3 Å². The number of carbonyl (C=O) groups is 1. The van der Waals surface area contributed by atoms with Crippen molar-refractivity contribution in [3.8, 4) is 0 Å². The molecular formula is C14H14F2N2OS. The first-order valence-corrected chi connectivity index (χ1v) is 7.03. The average Bonchev–Trinajstić information content (AvgIpc) is 2.88. The lowest BCUT2D eigenvalue weighted by atomic mass is 10.2. The van der Waals surface area contributed by atoms with Gasteiger partial charge in [0.1, 0.15) is 5.01 Å².